The second-order valence-electron chi connectivity index (χ2n) is 4.37. The highest BCUT2D eigenvalue weighted by molar-refractivity contribution is 9.10. The van der Waals surface area contributed by atoms with E-state index in [1.807, 2.05) is 0 Å². The molecule has 1 aliphatic rings. The number of likely N-dealkylation sites (N-methyl/N-ethyl adjacent to an activating group) is 1. The maximum atomic E-state index is 6.11. The molecule has 2 rings (SSSR count). The van der Waals surface area contributed by atoms with Crippen LogP contribution in [-0.2, 0) is 4.74 Å². The van der Waals surface area contributed by atoms with Gasteiger partial charge in [0.15, 0.2) is 0 Å². The molecule has 1 aliphatic heterocycles. The maximum absolute atomic E-state index is 6.11. The third kappa shape index (κ3) is 3.24. The molecule has 1 saturated heterocycles. The van der Waals surface area contributed by atoms with Crippen molar-refractivity contribution in [1.82, 2.24) is 5.32 Å². The largest absolute Gasteiger partial charge is 0.373 e. The van der Waals surface area contributed by atoms with Crippen LogP contribution in [0.25, 0.3) is 0 Å². The molecule has 2 nitrogen and oxygen atoms in total. The van der Waals surface area contributed by atoms with Crippen LogP contribution in [0.1, 0.15) is 37.6 Å². The molecule has 96 valence electrons. The Labute approximate surface area is 120 Å². The van der Waals surface area contributed by atoms with Crippen molar-refractivity contribution < 1.29 is 4.74 Å². The molecule has 2 heterocycles. The maximum Gasteiger partial charge on any atom is 0.107 e. The van der Waals surface area contributed by atoms with E-state index >= 15 is 0 Å². The van der Waals surface area contributed by atoms with Gasteiger partial charge in [0, 0.05) is 9.35 Å². The Morgan fingerprint density at radius 2 is 2.41 bits per heavy atom. The smallest absolute Gasteiger partial charge is 0.107 e. The minimum absolute atomic E-state index is 0.263. The summed E-state index contributed by atoms with van der Waals surface area (Å²) in [6.07, 6.45) is 2.91. The van der Waals surface area contributed by atoms with E-state index < -0.39 is 0 Å². The number of thiophene rings is 1. The molecule has 1 N–H and O–H groups in total. The summed E-state index contributed by atoms with van der Waals surface area (Å²) in [6, 6.07) is 2.37. The van der Waals surface area contributed by atoms with E-state index in [2.05, 4.69) is 41.2 Å². The number of halogens is 2. The van der Waals surface area contributed by atoms with E-state index in [9.17, 15) is 0 Å². The van der Waals surface area contributed by atoms with Gasteiger partial charge < -0.3 is 10.1 Å². The third-order valence-electron chi connectivity index (χ3n) is 3.03. The standard InChI is InChI=1S/C12H17BrClNOS/c1-3-15-11(9-5-4-7(2)16-9)10-6-8(13)12(14)17-10/h6-7,9,11,15H,3-5H2,1-2H3. The quantitative estimate of drug-likeness (QED) is 0.879. The number of rotatable bonds is 4. The summed E-state index contributed by atoms with van der Waals surface area (Å²) < 4.78 is 7.76. The van der Waals surface area contributed by atoms with Crippen molar-refractivity contribution in [3.05, 3.63) is 19.8 Å². The molecule has 0 radical (unpaired) electrons. The van der Waals surface area contributed by atoms with Gasteiger partial charge in [-0.25, -0.2) is 0 Å². The van der Waals surface area contributed by atoms with Crippen molar-refractivity contribution in [2.75, 3.05) is 6.54 Å². The van der Waals surface area contributed by atoms with Gasteiger partial charge in [-0.05, 0) is 48.3 Å². The number of hydrogen-bond acceptors (Lipinski definition) is 3. The Hall–Kier alpha value is 0.390. The topological polar surface area (TPSA) is 21.3 Å². The zero-order chi connectivity index (χ0) is 12.4. The first-order chi connectivity index (χ1) is 8.11. The Balaban J connectivity index is 2.16. The normalized spacial score (nSPS) is 26.4. The molecule has 0 aliphatic carbocycles. The Bertz CT molecular complexity index is 365. The average molecular weight is 339 g/mol. The summed E-state index contributed by atoms with van der Waals surface area (Å²) in [5.74, 6) is 0. The number of hydrogen-bond donors (Lipinski definition) is 1. The second-order valence-corrected chi connectivity index (χ2v) is 6.91. The van der Waals surface area contributed by atoms with Gasteiger partial charge in [0.1, 0.15) is 4.34 Å². The molecule has 1 fully saturated rings. The lowest BCUT2D eigenvalue weighted by atomic mass is 10.1. The molecule has 1 aromatic rings. The van der Waals surface area contributed by atoms with Crippen LogP contribution in [0, 0.1) is 0 Å². The molecule has 17 heavy (non-hydrogen) atoms. The summed E-state index contributed by atoms with van der Waals surface area (Å²) in [5, 5.41) is 3.51. The molecule has 0 amide bonds. The zero-order valence-electron chi connectivity index (χ0n) is 10.0. The summed E-state index contributed by atoms with van der Waals surface area (Å²) in [5.41, 5.74) is 0. The van der Waals surface area contributed by atoms with Crippen LogP contribution >= 0.6 is 38.9 Å². The third-order valence-corrected chi connectivity index (χ3v) is 5.59. The van der Waals surface area contributed by atoms with E-state index in [0.717, 1.165) is 28.2 Å². The molecule has 3 atom stereocenters. The Kier molecular flexibility index (Phi) is 4.89. The van der Waals surface area contributed by atoms with E-state index in [-0.39, 0.29) is 12.1 Å². The Morgan fingerprint density at radius 3 is 2.88 bits per heavy atom. The van der Waals surface area contributed by atoms with Crippen LogP contribution in [0.3, 0.4) is 0 Å². The molecule has 1 aromatic heterocycles. The van der Waals surface area contributed by atoms with E-state index in [4.69, 9.17) is 16.3 Å². The molecular formula is C12H17BrClNOS. The van der Waals surface area contributed by atoms with Crippen LogP contribution in [-0.4, -0.2) is 18.8 Å². The van der Waals surface area contributed by atoms with Crippen molar-refractivity contribution in [3.63, 3.8) is 0 Å². The second kappa shape index (κ2) is 6.02. The first-order valence-corrected chi connectivity index (χ1v) is 7.94. The highest BCUT2D eigenvalue weighted by Crippen LogP contribution is 2.39. The summed E-state index contributed by atoms with van der Waals surface area (Å²) in [4.78, 5) is 1.25. The summed E-state index contributed by atoms with van der Waals surface area (Å²) in [6.45, 7) is 5.20. The first kappa shape index (κ1) is 13.8. The van der Waals surface area contributed by atoms with Crippen LogP contribution in [0.15, 0.2) is 10.5 Å². The monoisotopic (exact) mass is 337 g/mol. The van der Waals surface area contributed by atoms with E-state index in [0.29, 0.717) is 6.10 Å². The van der Waals surface area contributed by atoms with E-state index in [1.54, 1.807) is 11.3 Å². The van der Waals surface area contributed by atoms with Crippen molar-refractivity contribution in [2.24, 2.45) is 0 Å². The highest BCUT2D eigenvalue weighted by atomic mass is 79.9. The summed E-state index contributed by atoms with van der Waals surface area (Å²) >= 11 is 11.2. The lowest BCUT2D eigenvalue weighted by molar-refractivity contribution is 0.0327. The molecule has 0 bridgehead atoms. The zero-order valence-corrected chi connectivity index (χ0v) is 13.2. The fourth-order valence-electron chi connectivity index (χ4n) is 2.23. The van der Waals surface area contributed by atoms with Gasteiger partial charge in [0.25, 0.3) is 0 Å². The minimum atomic E-state index is 0.263. The Morgan fingerprint density at radius 1 is 1.65 bits per heavy atom. The van der Waals surface area contributed by atoms with Crippen molar-refractivity contribution >= 4 is 38.9 Å². The number of ether oxygens (including phenoxy) is 1. The van der Waals surface area contributed by atoms with Crippen LogP contribution in [0.5, 0.6) is 0 Å². The molecule has 0 spiro atoms. The molecule has 0 saturated carbocycles. The minimum Gasteiger partial charge on any atom is -0.373 e. The lowest BCUT2D eigenvalue weighted by Crippen LogP contribution is -2.31. The van der Waals surface area contributed by atoms with Gasteiger partial charge in [-0.3, -0.25) is 0 Å². The van der Waals surface area contributed by atoms with Gasteiger partial charge in [-0.2, -0.15) is 0 Å². The molecule has 0 aromatic carbocycles. The van der Waals surface area contributed by atoms with Crippen LogP contribution in [0.2, 0.25) is 4.34 Å². The van der Waals surface area contributed by atoms with Gasteiger partial charge in [-0.15, -0.1) is 11.3 Å². The molecule has 5 heteroatoms. The van der Waals surface area contributed by atoms with Crippen molar-refractivity contribution in [2.45, 2.75) is 44.9 Å². The summed E-state index contributed by atoms with van der Waals surface area (Å²) in [7, 11) is 0. The van der Waals surface area contributed by atoms with Gasteiger partial charge in [0.2, 0.25) is 0 Å². The van der Waals surface area contributed by atoms with E-state index in [1.165, 1.54) is 4.88 Å². The predicted octanol–water partition coefficient (Wildman–Crippen LogP) is 4.38. The van der Waals surface area contributed by atoms with Crippen molar-refractivity contribution in [3.8, 4) is 0 Å². The highest BCUT2D eigenvalue weighted by Gasteiger charge is 2.31. The average Bonchev–Trinajstić information content (AvgIpc) is 2.83. The fourth-order valence-corrected chi connectivity index (χ4v) is 4.10. The van der Waals surface area contributed by atoms with Crippen LogP contribution in [0.4, 0.5) is 0 Å². The van der Waals surface area contributed by atoms with Gasteiger partial charge >= 0.3 is 0 Å². The lowest BCUT2D eigenvalue weighted by Gasteiger charge is -2.23. The van der Waals surface area contributed by atoms with Gasteiger partial charge in [0.05, 0.1) is 18.2 Å². The SMILES string of the molecule is CCNC(c1cc(Br)c(Cl)s1)C1CCC(C)O1. The van der Waals surface area contributed by atoms with Crippen LogP contribution < -0.4 is 5.32 Å². The predicted molar refractivity (Wildman–Crippen MR) is 77.0 cm³/mol. The molecular weight excluding hydrogens is 322 g/mol. The number of nitrogens with one attached hydrogen (secondary N) is 1. The molecule has 3 unspecified atom stereocenters. The first-order valence-electron chi connectivity index (χ1n) is 5.95. The van der Waals surface area contributed by atoms with Gasteiger partial charge in [-0.1, -0.05) is 18.5 Å². The van der Waals surface area contributed by atoms with Crippen molar-refractivity contribution in [1.29, 1.82) is 0 Å². The fraction of sp³-hybridized carbons (Fsp3) is 0.667.